The fourth-order valence-corrected chi connectivity index (χ4v) is 1.34. The Kier molecular flexibility index (Phi) is 3.75. The molecule has 1 rings (SSSR count). The SMILES string of the molecule is C#CCC(C(=O)O)N(C)c1ccccc1. The van der Waals surface area contributed by atoms with Crippen LogP contribution in [0.5, 0.6) is 0 Å². The van der Waals surface area contributed by atoms with Gasteiger partial charge in [0.15, 0.2) is 0 Å². The maximum atomic E-state index is 11.0. The van der Waals surface area contributed by atoms with Crippen LogP contribution < -0.4 is 4.90 Å². The fourth-order valence-electron chi connectivity index (χ4n) is 1.34. The van der Waals surface area contributed by atoms with E-state index in [9.17, 15) is 4.79 Å². The Labute approximate surface area is 89.3 Å². The van der Waals surface area contributed by atoms with E-state index in [2.05, 4.69) is 5.92 Å². The molecular formula is C12H13NO2. The summed E-state index contributed by atoms with van der Waals surface area (Å²) in [6.07, 6.45) is 5.34. The van der Waals surface area contributed by atoms with Crippen LogP contribution in [0.4, 0.5) is 5.69 Å². The molecule has 0 aliphatic carbocycles. The number of para-hydroxylation sites is 1. The molecule has 1 aromatic carbocycles. The van der Waals surface area contributed by atoms with Crippen molar-refractivity contribution >= 4 is 11.7 Å². The van der Waals surface area contributed by atoms with Crippen molar-refractivity contribution in [1.29, 1.82) is 0 Å². The molecule has 0 fully saturated rings. The number of aliphatic carboxylic acids is 1. The zero-order valence-electron chi connectivity index (χ0n) is 8.55. The molecule has 3 heteroatoms. The van der Waals surface area contributed by atoms with E-state index in [0.717, 1.165) is 5.69 Å². The summed E-state index contributed by atoms with van der Waals surface area (Å²) in [4.78, 5) is 12.6. The summed E-state index contributed by atoms with van der Waals surface area (Å²) in [5, 5.41) is 9.00. The lowest BCUT2D eigenvalue weighted by atomic mass is 10.1. The summed E-state index contributed by atoms with van der Waals surface area (Å²) in [6, 6.07) is 8.64. The van der Waals surface area contributed by atoms with Gasteiger partial charge in [0, 0.05) is 19.2 Å². The lowest BCUT2D eigenvalue weighted by Gasteiger charge is -2.25. The molecule has 1 unspecified atom stereocenters. The molecule has 78 valence electrons. The molecule has 0 aromatic heterocycles. The topological polar surface area (TPSA) is 40.5 Å². The van der Waals surface area contributed by atoms with E-state index in [4.69, 9.17) is 11.5 Å². The summed E-state index contributed by atoms with van der Waals surface area (Å²) in [7, 11) is 1.73. The van der Waals surface area contributed by atoms with Crippen LogP contribution >= 0.6 is 0 Å². The molecule has 1 N–H and O–H groups in total. The highest BCUT2D eigenvalue weighted by atomic mass is 16.4. The van der Waals surface area contributed by atoms with Gasteiger partial charge in [-0.05, 0) is 12.1 Å². The molecule has 1 atom stereocenters. The first-order valence-corrected chi connectivity index (χ1v) is 4.61. The lowest BCUT2D eigenvalue weighted by Crippen LogP contribution is -2.38. The number of carboxylic acid groups (broad SMARTS) is 1. The van der Waals surface area contributed by atoms with Gasteiger partial charge >= 0.3 is 5.97 Å². The van der Waals surface area contributed by atoms with E-state index < -0.39 is 12.0 Å². The van der Waals surface area contributed by atoms with E-state index in [1.807, 2.05) is 30.3 Å². The molecule has 0 amide bonds. The predicted molar refractivity (Wildman–Crippen MR) is 59.7 cm³/mol. The minimum Gasteiger partial charge on any atom is -0.480 e. The molecule has 0 aliphatic heterocycles. The standard InChI is InChI=1S/C12H13NO2/c1-3-7-11(12(14)15)13(2)10-8-5-4-6-9-10/h1,4-6,8-9,11H,7H2,2H3,(H,14,15). The van der Waals surface area contributed by atoms with Gasteiger partial charge in [-0.2, -0.15) is 0 Å². The second-order valence-electron chi connectivity index (χ2n) is 3.21. The number of hydrogen-bond acceptors (Lipinski definition) is 2. The van der Waals surface area contributed by atoms with Gasteiger partial charge in [-0.1, -0.05) is 18.2 Å². The molecule has 0 saturated heterocycles. The van der Waals surface area contributed by atoms with Crippen LogP contribution in [0, 0.1) is 12.3 Å². The summed E-state index contributed by atoms with van der Waals surface area (Å²) < 4.78 is 0. The fraction of sp³-hybridized carbons (Fsp3) is 0.250. The summed E-state index contributed by atoms with van der Waals surface area (Å²) in [6.45, 7) is 0. The van der Waals surface area contributed by atoms with Crippen LogP contribution in [0.15, 0.2) is 30.3 Å². The second kappa shape index (κ2) is 5.06. The second-order valence-corrected chi connectivity index (χ2v) is 3.21. The smallest absolute Gasteiger partial charge is 0.327 e. The molecule has 0 radical (unpaired) electrons. The van der Waals surface area contributed by atoms with Gasteiger partial charge in [-0.15, -0.1) is 12.3 Å². The summed E-state index contributed by atoms with van der Waals surface area (Å²) in [5.41, 5.74) is 0.847. The van der Waals surface area contributed by atoms with Crippen molar-refractivity contribution in [3.63, 3.8) is 0 Å². The van der Waals surface area contributed by atoms with Crippen LogP contribution in [0.3, 0.4) is 0 Å². The van der Waals surface area contributed by atoms with Gasteiger partial charge in [0.25, 0.3) is 0 Å². The van der Waals surface area contributed by atoms with Crippen LogP contribution in [0.2, 0.25) is 0 Å². The third-order valence-corrected chi connectivity index (χ3v) is 2.23. The Morgan fingerprint density at radius 2 is 2.13 bits per heavy atom. The van der Waals surface area contributed by atoms with Gasteiger partial charge in [0.2, 0.25) is 0 Å². The molecule has 0 saturated carbocycles. The average molecular weight is 203 g/mol. The first-order valence-electron chi connectivity index (χ1n) is 4.61. The van der Waals surface area contributed by atoms with Crippen molar-refractivity contribution in [1.82, 2.24) is 0 Å². The van der Waals surface area contributed by atoms with E-state index >= 15 is 0 Å². The Morgan fingerprint density at radius 3 is 2.60 bits per heavy atom. The maximum absolute atomic E-state index is 11.0. The van der Waals surface area contributed by atoms with Crippen molar-refractivity contribution in [3.8, 4) is 12.3 Å². The number of rotatable bonds is 4. The Bertz CT molecular complexity index is 367. The predicted octanol–water partition coefficient (Wildman–Crippen LogP) is 1.60. The number of likely N-dealkylation sites (N-methyl/N-ethyl adjacent to an activating group) is 1. The zero-order chi connectivity index (χ0) is 11.3. The minimum atomic E-state index is -0.903. The first kappa shape index (κ1) is 11.1. The molecule has 3 nitrogen and oxygen atoms in total. The van der Waals surface area contributed by atoms with Crippen molar-refractivity contribution in [2.75, 3.05) is 11.9 Å². The number of benzene rings is 1. The van der Waals surface area contributed by atoms with E-state index in [1.54, 1.807) is 11.9 Å². The molecule has 0 bridgehead atoms. The highest BCUT2D eigenvalue weighted by Gasteiger charge is 2.21. The number of nitrogens with zero attached hydrogens (tertiary/aromatic N) is 1. The number of carboxylic acids is 1. The number of hydrogen-bond donors (Lipinski definition) is 1. The molecule has 0 heterocycles. The quantitative estimate of drug-likeness (QED) is 0.755. The number of terminal acetylenes is 1. The summed E-state index contributed by atoms with van der Waals surface area (Å²) in [5.74, 6) is 1.47. The van der Waals surface area contributed by atoms with Crippen LogP contribution in [-0.2, 0) is 4.79 Å². The zero-order valence-corrected chi connectivity index (χ0v) is 8.55. The van der Waals surface area contributed by atoms with Crippen molar-refractivity contribution < 1.29 is 9.90 Å². The van der Waals surface area contributed by atoms with Gasteiger partial charge in [0.1, 0.15) is 6.04 Å². The van der Waals surface area contributed by atoms with E-state index in [1.165, 1.54) is 0 Å². The number of anilines is 1. The van der Waals surface area contributed by atoms with Crippen molar-refractivity contribution in [2.24, 2.45) is 0 Å². The molecule has 0 aliphatic rings. The van der Waals surface area contributed by atoms with E-state index in [0.29, 0.717) is 0 Å². The third-order valence-electron chi connectivity index (χ3n) is 2.23. The molecule has 15 heavy (non-hydrogen) atoms. The van der Waals surface area contributed by atoms with Gasteiger partial charge < -0.3 is 10.0 Å². The normalized spacial score (nSPS) is 11.5. The Balaban J connectivity index is 2.86. The third kappa shape index (κ3) is 2.75. The van der Waals surface area contributed by atoms with Crippen LogP contribution in [0.25, 0.3) is 0 Å². The first-order chi connectivity index (χ1) is 7.16. The number of carbonyl (C=O) groups is 1. The van der Waals surface area contributed by atoms with Gasteiger partial charge in [-0.25, -0.2) is 4.79 Å². The highest BCUT2D eigenvalue weighted by Crippen LogP contribution is 2.15. The molecule has 0 spiro atoms. The Hall–Kier alpha value is -1.95. The largest absolute Gasteiger partial charge is 0.480 e. The minimum absolute atomic E-state index is 0.195. The lowest BCUT2D eigenvalue weighted by molar-refractivity contribution is -0.138. The monoisotopic (exact) mass is 203 g/mol. The van der Waals surface area contributed by atoms with Crippen LogP contribution in [0.1, 0.15) is 6.42 Å². The molecular weight excluding hydrogens is 190 g/mol. The summed E-state index contributed by atoms with van der Waals surface area (Å²) >= 11 is 0. The molecule has 1 aromatic rings. The maximum Gasteiger partial charge on any atom is 0.327 e. The van der Waals surface area contributed by atoms with Crippen LogP contribution in [-0.4, -0.2) is 24.2 Å². The van der Waals surface area contributed by atoms with Crippen molar-refractivity contribution in [2.45, 2.75) is 12.5 Å². The van der Waals surface area contributed by atoms with Gasteiger partial charge in [-0.3, -0.25) is 0 Å². The Morgan fingerprint density at radius 1 is 1.53 bits per heavy atom. The van der Waals surface area contributed by atoms with E-state index in [-0.39, 0.29) is 6.42 Å². The highest BCUT2D eigenvalue weighted by molar-refractivity contribution is 5.78. The average Bonchev–Trinajstić information content (AvgIpc) is 2.26. The van der Waals surface area contributed by atoms with Crippen molar-refractivity contribution in [3.05, 3.63) is 30.3 Å². The van der Waals surface area contributed by atoms with Gasteiger partial charge in [0.05, 0.1) is 0 Å².